The average molecular weight is 292 g/mol. The molecule has 21 heavy (non-hydrogen) atoms. The molecule has 2 aliphatic rings. The molecule has 2 heterocycles. The van der Waals surface area contributed by atoms with E-state index < -0.39 is 4.92 Å². The fourth-order valence-corrected chi connectivity index (χ4v) is 3.66. The molecule has 2 saturated heterocycles. The van der Waals surface area contributed by atoms with Crippen LogP contribution in [-0.4, -0.2) is 34.8 Å². The van der Waals surface area contributed by atoms with Crippen molar-refractivity contribution < 1.29 is 14.8 Å². The standard InChI is InChI=1S/C15H20N2O4/c1-2-21-15-9-12(5-6-14(15)17(19)20)16-10-3-4-11(16)8-13(18)7-10/h5-6,9-11,13,18H,2-4,7-8H2,1H3. The zero-order valence-corrected chi connectivity index (χ0v) is 12.1. The van der Waals surface area contributed by atoms with Gasteiger partial charge in [0, 0.05) is 29.9 Å². The number of benzene rings is 1. The molecule has 0 amide bonds. The first-order chi connectivity index (χ1) is 10.1. The number of nitro benzene ring substituents is 1. The number of rotatable bonds is 4. The van der Waals surface area contributed by atoms with Crippen molar-refractivity contribution in [2.75, 3.05) is 11.5 Å². The van der Waals surface area contributed by atoms with Gasteiger partial charge in [0.2, 0.25) is 0 Å². The summed E-state index contributed by atoms with van der Waals surface area (Å²) in [7, 11) is 0. The fraction of sp³-hybridized carbons (Fsp3) is 0.600. The number of nitrogens with zero attached hydrogens (tertiary/aromatic N) is 2. The van der Waals surface area contributed by atoms with Gasteiger partial charge in [0.1, 0.15) is 0 Å². The predicted octanol–water partition coefficient (Wildman–Crippen LogP) is 2.49. The van der Waals surface area contributed by atoms with E-state index in [1.165, 1.54) is 6.07 Å². The van der Waals surface area contributed by atoms with Crippen molar-refractivity contribution in [3.05, 3.63) is 28.3 Å². The molecule has 2 atom stereocenters. The highest BCUT2D eigenvalue weighted by atomic mass is 16.6. The van der Waals surface area contributed by atoms with Gasteiger partial charge in [-0.2, -0.15) is 0 Å². The van der Waals surface area contributed by atoms with Crippen molar-refractivity contribution in [3.8, 4) is 5.75 Å². The van der Waals surface area contributed by atoms with Crippen LogP contribution >= 0.6 is 0 Å². The fourth-order valence-electron chi connectivity index (χ4n) is 3.66. The number of aliphatic hydroxyl groups is 1. The van der Waals surface area contributed by atoms with E-state index in [0.29, 0.717) is 24.4 Å². The minimum absolute atomic E-state index is 0.00462. The second-order valence-corrected chi connectivity index (χ2v) is 5.76. The number of aliphatic hydroxyl groups excluding tert-OH is 1. The lowest BCUT2D eigenvalue weighted by Gasteiger charge is -2.39. The molecule has 2 unspecified atom stereocenters. The Hall–Kier alpha value is -1.82. The van der Waals surface area contributed by atoms with Gasteiger partial charge in [0.15, 0.2) is 5.75 Å². The van der Waals surface area contributed by atoms with E-state index in [0.717, 1.165) is 31.4 Å². The number of ether oxygens (including phenoxy) is 1. The first kappa shape index (κ1) is 14.1. The Morgan fingerprint density at radius 2 is 2.05 bits per heavy atom. The maximum Gasteiger partial charge on any atom is 0.311 e. The molecule has 0 aliphatic carbocycles. The van der Waals surface area contributed by atoms with Crippen molar-refractivity contribution in [2.45, 2.75) is 50.8 Å². The Balaban J connectivity index is 1.92. The summed E-state index contributed by atoms with van der Waals surface area (Å²) in [4.78, 5) is 12.9. The summed E-state index contributed by atoms with van der Waals surface area (Å²) >= 11 is 0. The van der Waals surface area contributed by atoms with Gasteiger partial charge in [-0.3, -0.25) is 10.1 Å². The number of hydrogen-bond donors (Lipinski definition) is 1. The number of fused-ring (bicyclic) bond motifs is 2. The van der Waals surface area contributed by atoms with Crippen molar-refractivity contribution in [2.24, 2.45) is 0 Å². The van der Waals surface area contributed by atoms with Gasteiger partial charge >= 0.3 is 5.69 Å². The molecule has 0 aromatic heterocycles. The highest BCUT2D eigenvalue weighted by molar-refractivity contribution is 5.61. The Labute approximate surface area is 123 Å². The largest absolute Gasteiger partial charge is 0.487 e. The van der Waals surface area contributed by atoms with Crippen LogP contribution < -0.4 is 9.64 Å². The van der Waals surface area contributed by atoms with Crippen LogP contribution in [0.15, 0.2) is 18.2 Å². The van der Waals surface area contributed by atoms with E-state index in [-0.39, 0.29) is 11.8 Å². The molecule has 2 bridgehead atoms. The molecule has 6 nitrogen and oxygen atoms in total. The topological polar surface area (TPSA) is 75.8 Å². The quantitative estimate of drug-likeness (QED) is 0.681. The Bertz CT molecular complexity index is 534. The normalized spacial score (nSPS) is 27.7. The third-order valence-electron chi connectivity index (χ3n) is 4.45. The SMILES string of the molecule is CCOc1cc(N2C3CCC2CC(O)C3)ccc1[N+](=O)[O-]. The minimum Gasteiger partial charge on any atom is -0.487 e. The number of anilines is 1. The summed E-state index contributed by atoms with van der Waals surface area (Å²) < 4.78 is 5.42. The number of hydrogen-bond acceptors (Lipinski definition) is 5. The highest BCUT2D eigenvalue weighted by Crippen LogP contribution is 2.41. The second kappa shape index (κ2) is 5.52. The molecule has 2 aliphatic heterocycles. The zero-order valence-electron chi connectivity index (χ0n) is 12.1. The summed E-state index contributed by atoms with van der Waals surface area (Å²) in [6, 6.07) is 5.74. The van der Waals surface area contributed by atoms with E-state index in [4.69, 9.17) is 4.74 Å². The molecule has 1 N–H and O–H groups in total. The zero-order chi connectivity index (χ0) is 15.0. The molecule has 1 aromatic rings. The lowest BCUT2D eigenvalue weighted by atomic mass is 9.99. The van der Waals surface area contributed by atoms with Gasteiger partial charge in [0.25, 0.3) is 0 Å². The van der Waals surface area contributed by atoms with Gasteiger partial charge in [0.05, 0.1) is 17.6 Å². The van der Waals surface area contributed by atoms with E-state index in [2.05, 4.69) is 4.90 Å². The smallest absolute Gasteiger partial charge is 0.311 e. The van der Waals surface area contributed by atoms with Crippen molar-refractivity contribution in [1.82, 2.24) is 0 Å². The van der Waals surface area contributed by atoms with Crippen LogP contribution in [0.5, 0.6) is 5.75 Å². The minimum atomic E-state index is -0.413. The first-order valence-electron chi connectivity index (χ1n) is 7.47. The van der Waals surface area contributed by atoms with Gasteiger partial charge in [-0.15, -0.1) is 0 Å². The summed E-state index contributed by atoms with van der Waals surface area (Å²) in [5, 5.41) is 20.9. The monoisotopic (exact) mass is 292 g/mol. The van der Waals surface area contributed by atoms with Crippen molar-refractivity contribution >= 4 is 11.4 Å². The third-order valence-corrected chi connectivity index (χ3v) is 4.45. The van der Waals surface area contributed by atoms with Gasteiger partial charge in [-0.25, -0.2) is 0 Å². The van der Waals surface area contributed by atoms with Crippen LogP contribution in [0.1, 0.15) is 32.6 Å². The van der Waals surface area contributed by atoms with Gasteiger partial charge in [-0.1, -0.05) is 0 Å². The van der Waals surface area contributed by atoms with Crippen LogP contribution in [-0.2, 0) is 0 Å². The summed E-state index contributed by atoms with van der Waals surface area (Å²) in [6.45, 7) is 2.22. The lowest BCUT2D eigenvalue weighted by Crippen LogP contribution is -2.44. The Morgan fingerprint density at radius 1 is 1.38 bits per heavy atom. The third kappa shape index (κ3) is 2.55. The van der Waals surface area contributed by atoms with Crippen LogP contribution in [0.3, 0.4) is 0 Å². The van der Waals surface area contributed by atoms with Crippen LogP contribution in [0.25, 0.3) is 0 Å². The molecule has 0 radical (unpaired) electrons. The molecular formula is C15H20N2O4. The van der Waals surface area contributed by atoms with Crippen molar-refractivity contribution in [1.29, 1.82) is 0 Å². The first-order valence-corrected chi connectivity index (χ1v) is 7.47. The Morgan fingerprint density at radius 3 is 2.62 bits per heavy atom. The Kier molecular flexibility index (Phi) is 3.71. The summed E-state index contributed by atoms with van der Waals surface area (Å²) in [5.41, 5.74) is 0.966. The van der Waals surface area contributed by atoms with Crippen molar-refractivity contribution in [3.63, 3.8) is 0 Å². The van der Waals surface area contributed by atoms with Gasteiger partial charge in [-0.05, 0) is 38.7 Å². The molecule has 0 saturated carbocycles. The molecule has 1 aromatic carbocycles. The number of piperidine rings is 1. The van der Waals surface area contributed by atoms with E-state index in [1.54, 1.807) is 12.1 Å². The maximum absolute atomic E-state index is 11.0. The van der Waals surface area contributed by atoms with E-state index in [1.807, 2.05) is 6.92 Å². The lowest BCUT2D eigenvalue weighted by molar-refractivity contribution is -0.385. The molecule has 6 heteroatoms. The van der Waals surface area contributed by atoms with Crippen LogP contribution in [0.4, 0.5) is 11.4 Å². The predicted molar refractivity (Wildman–Crippen MR) is 78.8 cm³/mol. The van der Waals surface area contributed by atoms with E-state index >= 15 is 0 Å². The second-order valence-electron chi connectivity index (χ2n) is 5.76. The average Bonchev–Trinajstić information content (AvgIpc) is 2.71. The summed E-state index contributed by atoms with van der Waals surface area (Å²) in [5.74, 6) is 0.325. The molecule has 0 spiro atoms. The molecular weight excluding hydrogens is 272 g/mol. The summed E-state index contributed by atoms with van der Waals surface area (Å²) in [6.07, 6.45) is 3.48. The van der Waals surface area contributed by atoms with Crippen LogP contribution in [0, 0.1) is 10.1 Å². The molecule has 2 fully saturated rings. The van der Waals surface area contributed by atoms with E-state index in [9.17, 15) is 15.2 Å². The van der Waals surface area contributed by atoms with Gasteiger partial charge < -0.3 is 14.7 Å². The maximum atomic E-state index is 11.0. The highest BCUT2D eigenvalue weighted by Gasteiger charge is 2.40. The van der Waals surface area contributed by atoms with Crippen LogP contribution in [0.2, 0.25) is 0 Å². The number of nitro groups is 1. The molecule has 3 rings (SSSR count). The molecule has 114 valence electrons.